The highest BCUT2D eigenvalue weighted by Gasteiger charge is 2.42. The first-order chi connectivity index (χ1) is 16.8. The Balaban J connectivity index is 1.14. The molecule has 3 aliphatic heterocycles. The summed E-state index contributed by atoms with van der Waals surface area (Å²) in [7, 11) is -2.79. The number of likely N-dealkylation sites (tertiary alicyclic amines) is 1. The summed E-state index contributed by atoms with van der Waals surface area (Å²) < 4.78 is 25.0. The summed E-state index contributed by atoms with van der Waals surface area (Å²) in [5, 5.41) is 9.66. The van der Waals surface area contributed by atoms with Crippen molar-refractivity contribution in [1.82, 2.24) is 29.9 Å². The minimum absolute atomic E-state index is 0.179. The van der Waals surface area contributed by atoms with E-state index >= 15 is 0 Å². The molecule has 3 aliphatic rings. The average Bonchev–Trinajstić information content (AvgIpc) is 3.20. The number of hydrogen-bond donors (Lipinski definition) is 0. The second kappa shape index (κ2) is 8.83. The van der Waals surface area contributed by atoms with E-state index in [0.717, 1.165) is 44.0 Å². The Bertz CT molecular complexity index is 1360. The molecule has 0 bridgehead atoms. The quantitative estimate of drug-likeness (QED) is 0.491. The summed E-state index contributed by atoms with van der Waals surface area (Å²) in [4.78, 5) is 14.0. The minimum Gasteiger partial charge on any atom is -0.355 e. The zero-order valence-corrected chi connectivity index (χ0v) is 21.7. The largest absolute Gasteiger partial charge is 0.355 e. The van der Waals surface area contributed by atoms with Gasteiger partial charge in [0, 0.05) is 35.7 Å². The van der Waals surface area contributed by atoms with Crippen LogP contribution in [0.3, 0.4) is 0 Å². The van der Waals surface area contributed by atoms with Crippen LogP contribution in [0.2, 0.25) is 10.0 Å². The molecule has 1 aromatic carbocycles. The first-order valence-corrected chi connectivity index (χ1v) is 14.6. The molecule has 3 saturated heterocycles. The van der Waals surface area contributed by atoms with Gasteiger partial charge in [-0.1, -0.05) is 34.5 Å². The third-order valence-corrected chi connectivity index (χ3v) is 10.1. The van der Waals surface area contributed by atoms with Gasteiger partial charge in [-0.2, -0.15) is 0 Å². The lowest BCUT2D eigenvalue weighted by Crippen LogP contribution is -2.59. The summed E-state index contributed by atoms with van der Waals surface area (Å²) in [6, 6.07) is 5.47. The Kier molecular flexibility index (Phi) is 5.90. The molecule has 6 rings (SSSR count). The summed E-state index contributed by atoms with van der Waals surface area (Å²) in [6.07, 6.45) is 4.11. The van der Waals surface area contributed by atoms with Crippen molar-refractivity contribution in [2.75, 3.05) is 42.6 Å². The highest BCUT2D eigenvalue weighted by Crippen LogP contribution is 2.35. The van der Waals surface area contributed by atoms with Crippen LogP contribution in [-0.2, 0) is 9.84 Å². The number of piperidine rings is 1. The van der Waals surface area contributed by atoms with Gasteiger partial charge in [0.1, 0.15) is 5.82 Å². The molecule has 2 aromatic heterocycles. The first-order valence-electron chi connectivity index (χ1n) is 12.0. The number of fused-ring (bicyclic) bond motifs is 1. The molecule has 0 unspecified atom stereocenters. The van der Waals surface area contributed by atoms with Crippen molar-refractivity contribution in [3.05, 3.63) is 40.0 Å². The SMILES string of the molecule is C[C@H](c1ccc(Cl)cc1Cl)n1nnc2ncc(N3CC([C@H]4CCCN(C5CS(=O)(=O)C5)C4)C3)nc21. The van der Waals surface area contributed by atoms with E-state index < -0.39 is 9.84 Å². The Hall–Kier alpha value is -2.01. The lowest BCUT2D eigenvalue weighted by atomic mass is 9.80. The van der Waals surface area contributed by atoms with Gasteiger partial charge < -0.3 is 4.90 Å². The molecule has 0 saturated carbocycles. The summed E-state index contributed by atoms with van der Waals surface area (Å²) in [5.74, 6) is 2.66. The van der Waals surface area contributed by atoms with E-state index in [1.807, 2.05) is 19.1 Å². The van der Waals surface area contributed by atoms with Crippen molar-refractivity contribution in [2.45, 2.75) is 31.8 Å². The Labute approximate surface area is 214 Å². The second-order valence-electron chi connectivity index (χ2n) is 10.0. The van der Waals surface area contributed by atoms with Crippen molar-refractivity contribution >= 4 is 50.2 Å². The van der Waals surface area contributed by atoms with Gasteiger partial charge in [0.15, 0.2) is 9.84 Å². The van der Waals surface area contributed by atoms with Gasteiger partial charge in [-0.25, -0.2) is 23.1 Å². The fraction of sp³-hybridized carbons (Fsp3) is 0.565. The highest BCUT2D eigenvalue weighted by molar-refractivity contribution is 7.92. The molecule has 2 atom stereocenters. The zero-order chi connectivity index (χ0) is 24.3. The van der Waals surface area contributed by atoms with Crippen LogP contribution in [0.5, 0.6) is 0 Å². The average molecular weight is 536 g/mol. The Morgan fingerprint density at radius 1 is 1.11 bits per heavy atom. The predicted octanol–water partition coefficient (Wildman–Crippen LogP) is 3.08. The minimum atomic E-state index is -2.79. The normalized spacial score (nSPS) is 24.3. The molecule has 35 heavy (non-hydrogen) atoms. The van der Waals surface area contributed by atoms with E-state index in [0.29, 0.717) is 44.7 Å². The van der Waals surface area contributed by atoms with Crippen molar-refractivity contribution in [2.24, 2.45) is 11.8 Å². The van der Waals surface area contributed by atoms with Crippen molar-refractivity contribution in [1.29, 1.82) is 0 Å². The molecule has 5 heterocycles. The van der Waals surface area contributed by atoms with Crippen LogP contribution in [0.15, 0.2) is 24.4 Å². The number of halogens is 2. The van der Waals surface area contributed by atoms with Crippen LogP contribution in [0.4, 0.5) is 5.82 Å². The van der Waals surface area contributed by atoms with Gasteiger partial charge in [-0.3, -0.25) is 4.90 Å². The van der Waals surface area contributed by atoms with Gasteiger partial charge in [0.25, 0.3) is 0 Å². The van der Waals surface area contributed by atoms with E-state index in [4.69, 9.17) is 28.2 Å². The van der Waals surface area contributed by atoms with Crippen LogP contribution in [0.1, 0.15) is 31.4 Å². The topological polar surface area (TPSA) is 97.1 Å². The smallest absolute Gasteiger partial charge is 0.221 e. The lowest BCUT2D eigenvalue weighted by molar-refractivity contribution is 0.0935. The Morgan fingerprint density at radius 2 is 1.91 bits per heavy atom. The molecule has 0 N–H and O–H groups in total. The van der Waals surface area contributed by atoms with Gasteiger partial charge in [0.05, 0.1) is 23.7 Å². The molecule has 3 aromatic rings. The van der Waals surface area contributed by atoms with Crippen LogP contribution in [0.25, 0.3) is 11.3 Å². The van der Waals surface area contributed by atoms with Crippen molar-refractivity contribution in [3.8, 4) is 0 Å². The number of anilines is 1. The van der Waals surface area contributed by atoms with Gasteiger partial charge in [-0.05, 0) is 55.8 Å². The molecule has 0 radical (unpaired) electrons. The number of sulfone groups is 1. The van der Waals surface area contributed by atoms with Crippen LogP contribution in [-0.4, -0.2) is 82.0 Å². The summed E-state index contributed by atoms with van der Waals surface area (Å²) in [5.41, 5.74) is 2.01. The molecule has 0 amide bonds. The van der Waals surface area contributed by atoms with Gasteiger partial charge in [0.2, 0.25) is 11.3 Å². The standard InChI is InChI=1S/C23H27Cl2N7O2S/c1-14(19-5-4-17(24)7-20(19)25)32-23-22(28-29-32)26-8-21(27-23)31-10-16(11-31)15-3-2-6-30(9-15)18-12-35(33,34)13-18/h4-5,7-8,14-16,18H,2-3,6,9-13H2,1H3/t14-,15+/m1/s1. The molecule has 9 nitrogen and oxygen atoms in total. The number of nitrogens with zero attached hydrogens (tertiary/aromatic N) is 7. The predicted molar refractivity (Wildman–Crippen MR) is 136 cm³/mol. The van der Waals surface area contributed by atoms with E-state index in [1.54, 1.807) is 16.9 Å². The van der Waals surface area contributed by atoms with E-state index in [1.165, 1.54) is 6.42 Å². The second-order valence-corrected chi connectivity index (χ2v) is 13.0. The van der Waals surface area contributed by atoms with Crippen LogP contribution >= 0.6 is 23.2 Å². The van der Waals surface area contributed by atoms with Crippen molar-refractivity contribution in [3.63, 3.8) is 0 Å². The summed E-state index contributed by atoms with van der Waals surface area (Å²) in [6.45, 7) is 5.88. The number of hydrogen-bond acceptors (Lipinski definition) is 8. The van der Waals surface area contributed by atoms with Crippen LogP contribution in [0, 0.1) is 11.8 Å². The Morgan fingerprint density at radius 3 is 2.66 bits per heavy atom. The van der Waals surface area contributed by atoms with E-state index in [-0.39, 0.29) is 12.1 Å². The number of aromatic nitrogens is 5. The van der Waals surface area contributed by atoms with Crippen LogP contribution < -0.4 is 4.90 Å². The maximum atomic E-state index is 11.6. The summed E-state index contributed by atoms with van der Waals surface area (Å²) >= 11 is 12.5. The lowest BCUT2D eigenvalue weighted by Gasteiger charge is -2.49. The fourth-order valence-electron chi connectivity index (χ4n) is 5.61. The first kappa shape index (κ1) is 23.4. The van der Waals surface area contributed by atoms with Gasteiger partial charge >= 0.3 is 0 Å². The molecular formula is C23H27Cl2N7O2S. The highest BCUT2D eigenvalue weighted by atomic mass is 35.5. The fourth-order valence-corrected chi connectivity index (χ4v) is 7.67. The maximum absolute atomic E-state index is 11.6. The molecular weight excluding hydrogens is 509 g/mol. The molecule has 12 heteroatoms. The molecule has 0 spiro atoms. The molecule has 3 fully saturated rings. The monoisotopic (exact) mass is 535 g/mol. The molecule has 0 aliphatic carbocycles. The zero-order valence-electron chi connectivity index (χ0n) is 19.4. The van der Waals surface area contributed by atoms with Gasteiger partial charge in [-0.15, -0.1) is 5.10 Å². The number of benzene rings is 1. The maximum Gasteiger partial charge on any atom is 0.221 e. The third-order valence-electron chi connectivity index (χ3n) is 7.75. The number of rotatable bonds is 5. The molecule has 186 valence electrons. The van der Waals surface area contributed by atoms with Crippen molar-refractivity contribution < 1.29 is 8.42 Å². The van der Waals surface area contributed by atoms with E-state index in [2.05, 4.69) is 25.1 Å². The van der Waals surface area contributed by atoms with E-state index in [9.17, 15) is 8.42 Å². The third kappa shape index (κ3) is 4.39.